The van der Waals surface area contributed by atoms with Gasteiger partial charge in [0.2, 0.25) is 0 Å². The first-order valence-electron chi connectivity index (χ1n) is 5.72. The molecule has 0 aliphatic rings. The molecule has 0 unspecified atom stereocenters. The Morgan fingerprint density at radius 3 is 2.83 bits per heavy atom. The van der Waals surface area contributed by atoms with Gasteiger partial charge in [0.15, 0.2) is 0 Å². The average molecular weight is 268 g/mol. The molecule has 0 aliphatic carbocycles. The fraction of sp³-hybridized carbons (Fsp3) is 0.308. The summed E-state index contributed by atoms with van der Waals surface area (Å²) in [6, 6.07) is 4.52. The van der Waals surface area contributed by atoms with Gasteiger partial charge >= 0.3 is 0 Å². The second kappa shape index (κ2) is 5.08. The van der Waals surface area contributed by atoms with Gasteiger partial charge in [-0.2, -0.15) is 0 Å². The van der Waals surface area contributed by atoms with Gasteiger partial charge in [-0.25, -0.2) is 9.37 Å². The van der Waals surface area contributed by atoms with Crippen molar-refractivity contribution < 1.29 is 4.39 Å². The molecule has 0 atom stereocenters. The summed E-state index contributed by atoms with van der Waals surface area (Å²) < 4.78 is 15.8. The number of hydrogen-bond acceptors (Lipinski definition) is 2. The Hall–Kier alpha value is -1.39. The Balaban J connectivity index is 2.60. The van der Waals surface area contributed by atoms with E-state index in [4.69, 9.17) is 17.3 Å². The predicted molar refractivity (Wildman–Crippen MR) is 71.1 cm³/mol. The van der Waals surface area contributed by atoms with Gasteiger partial charge in [-0.15, -0.1) is 0 Å². The van der Waals surface area contributed by atoms with Crippen molar-refractivity contribution in [3.8, 4) is 11.3 Å². The molecule has 0 bridgehead atoms. The fourth-order valence-electron chi connectivity index (χ4n) is 2.10. The van der Waals surface area contributed by atoms with Gasteiger partial charge in [0.25, 0.3) is 0 Å². The molecule has 2 aromatic rings. The van der Waals surface area contributed by atoms with E-state index < -0.39 is 0 Å². The van der Waals surface area contributed by atoms with Crippen molar-refractivity contribution in [1.82, 2.24) is 9.55 Å². The zero-order valence-corrected chi connectivity index (χ0v) is 11.1. The Kier molecular flexibility index (Phi) is 3.68. The molecule has 0 amide bonds. The molecule has 0 saturated carbocycles. The third-order valence-corrected chi connectivity index (χ3v) is 3.15. The summed E-state index contributed by atoms with van der Waals surface area (Å²) in [7, 11) is 1.86. The molecule has 0 fully saturated rings. The summed E-state index contributed by atoms with van der Waals surface area (Å²) in [5.74, 6) is 0.550. The van der Waals surface area contributed by atoms with Crippen molar-refractivity contribution in [3.05, 3.63) is 40.6 Å². The number of nitrogens with zero attached hydrogens (tertiary/aromatic N) is 2. The van der Waals surface area contributed by atoms with Crippen molar-refractivity contribution in [2.45, 2.75) is 13.3 Å². The zero-order chi connectivity index (χ0) is 13.3. The Bertz CT molecular complexity index is 578. The Morgan fingerprint density at radius 1 is 1.44 bits per heavy atom. The quantitative estimate of drug-likeness (QED) is 0.929. The first-order valence-corrected chi connectivity index (χ1v) is 6.10. The van der Waals surface area contributed by atoms with Crippen molar-refractivity contribution in [1.29, 1.82) is 0 Å². The molecule has 5 heteroatoms. The van der Waals surface area contributed by atoms with Crippen LogP contribution in [0.2, 0.25) is 5.02 Å². The van der Waals surface area contributed by atoms with E-state index in [1.165, 1.54) is 12.1 Å². The molecule has 0 saturated heterocycles. The zero-order valence-electron chi connectivity index (χ0n) is 10.4. The molecule has 3 nitrogen and oxygen atoms in total. The largest absolute Gasteiger partial charge is 0.331 e. The highest BCUT2D eigenvalue weighted by molar-refractivity contribution is 6.30. The van der Waals surface area contributed by atoms with Crippen LogP contribution in [0, 0.1) is 12.7 Å². The Labute approximate surface area is 110 Å². The predicted octanol–water partition coefficient (Wildman–Crippen LogP) is 2.69. The number of nitrogens with two attached hydrogens (primary N) is 1. The highest BCUT2D eigenvalue weighted by Gasteiger charge is 2.16. The molecule has 0 spiro atoms. The smallest absolute Gasteiger partial charge is 0.132 e. The summed E-state index contributed by atoms with van der Waals surface area (Å²) in [6.07, 6.45) is 0.666. The SMILES string of the molecule is Cc1nc(CCN)n(C)c1-c1cc(Cl)ccc1F. The minimum Gasteiger partial charge on any atom is -0.331 e. The molecule has 1 aromatic carbocycles. The van der Waals surface area contributed by atoms with E-state index in [1.807, 2.05) is 18.5 Å². The van der Waals surface area contributed by atoms with Crippen molar-refractivity contribution in [2.24, 2.45) is 12.8 Å². The molecule has 2 N–H and O–H groups in total. The van der Waals surface area contributed by atoms with Gasteiger partial charge in [0, 0.05) is 24.1 Å². The van der Waals surface area contributed by atoms with Crippen LogP contribution < -0.4 is 5.73 Å². The van der Waals surface area contributed by atoms with Crippen molar-refractivity contribution in [3.63, 3.8) is 0 Å². The molecular formula is C13H15ClFN3. The fourth-order valence-corrected chi connectivity index (χ4v) is 2.27. The van der Waals surface area contributed by atoms with Gasteiger partial charge in [0.05, 0.1) is 11.4 Å². The van der Waals surface area contributed by atoms with Crippen LogP contribution in [0.1, 0.15) is 11.5 Å². The number of aryl methyl sites for hydroxylation is 1. The molecule has 96 valence electrons. The first-order chi connectivity index (χ1) is 8.54. The lowest BCUT2D eigenvalue weighted by atomic mass is 10.1. The van der Waals surface area contributed by atoms with Crippen LogP contribution in [-0.2, 0) is 13.5 Å². The Morgan fingerprint density at radius 2 is 2.17 bits per heavy atom. The molecule has 1 aromatic heterocycles. The molecular weight excluding hydrogens is 253 g/mol. The third kappa shape index (κ3) is 2.26. The molecule has 0 radical (unpaired) electrons. The van der Waals surface area contributed by atoms with Gasteiger partial charge in [-0.3, -0.25) is 0 Å². The average Bonchev–Trinajstić information content (AvgIpc) is 2.59. The lowest BCUT2D eigenvalue weighted by Crippen LogP contribution is -2.08. The van der Waals surface area contributed by atoms with Crippen LogP contribution in [0.15, 0.2) is 18.2 Å². The highest BCUT2D eigenvalue weighted by atomic mass is 35.5. The molecule has 0 aliphatic heterocycles. The number of halogens is 2. The maximum atomic E-state index is 13.9. The van der Waals surface area contributed by atoms with Gasteiger partial charge < -0.3 is 10.3 Å². The second-order valence-electron chi connectivity index (χ2n) is 4.18. The number of aromatic nitrogens is 2. The standard InChI is InChI=1S/C13H15ClFN3/c1-8-13(18(2)12(17-8)5-6-16)10-7-9(14)3-4-11(10)15/h3-4,7H,5-6,16H2,1-2H3. The van der Waals surface area contributed by atoms with E-state index in [1.54, 1.807) is 6.07 Å². The van der Waals surface area contributed by atoms with Crippen LogP contribution in [0.4, 0.5) is 4.39 Å². The van der Waals surface area contributed by atoms with E-state index in [9.17, 15) is 4.39 Å². The van der Waals surface area contributed by atoms with Crippen LogP contribution >= 0.6 is 11.6 Å². The van der Waals surface area contributed by atoms with Gasteiger partial charge in [-0.1, -0.05) is 11.6 Å². The van der Waals surface area contributed by atoms with E-state index in [0.29, 0.717) is 23.6 Å². The van der Waals surface area contributed by atoms with E-state index in [0.717, 1.165) is 17.2 Å². The lowest BCUT2D eigenvalue weighted by molar-refractivity contribution is 0.629. The summed E-state index contributed by atoms with van der Waals surface area (Å²) in [5.41, 5.74) is 7.53. The van der Waals surface area contributed by atoms with E-state index in [-0.39, 0.29) is 5.82 Å². The number of hydrogen-bond donors (Lipinski definition) is 1. The number of rotatable bonds is 3. The van der Waals surface area contributed by atoms with Crippen LogP contribution in [0.3, 0.4) is 0 Å². The van der Waals surface area contributed by atoms with Gasteiger partial charge in [-0.05, 0) is 31.7 Å². The van der Waals surface area contributed by atoms with Crippen LogP contribution in [-0.4, -0.2) is 16.1 Å². The highest BCUT2D eigenvalue weighted by Crippen LogP contribution is 2.29. The van der Waals surface area contributed by atoms with Crippen LogP contribution in [0.25, 0.3) is 11.3 Å². The van der Waals surface area contributed by atoms with E-state index in [2.05, 4.69) is 4.98 Å². The minimum atomic E-state index is -0.301. The summed E-state index contributed by atoms with van der Waals surface area (Å²) in [4.78, 5) is 4.42. The van der Waals surface area contributed by atoms with Gasteiger partial charge in [0.1, 0.15) is 11.6 Å². The summed E-state index contributed by atoms with van der Waals surface area (Å²) >= 11 is 5.92. The molecule has 1 heterocycles. The van der Waals surface area contributed by atoms with Crippen molar-refractivity contribution >= 4 is 11.6 Å². The minimum absolute atomic E-state index is 0.301. The normalized spacial score (nSPS) is 10.9. The summed E-state index contributed by atoms with van der Waals surface area (Å²) in [6.45, 7) is 2.37. The molecule has 18 heavy (non-hydrogen) atoms. The summed E-state index contributed by atoms with van der Waals surface area (Å²) in [5, 5.41) is 0.507. The second-order valence-corrected chi connectivity index (χ2v) is 4.62. The number of benzene rings is 1. The van der Waals surface area contributed by atoms with Crippen LogP contribution in [0.5, 0.6) is 0 Å². The topological polar surface area (TPSA) is 43.8 Å². The maximum Gasteiger partial charge on any atom is 0.132 e. The lowest BCUT2D eigenvalue weighted by Gasteiger charge is -2.08. The van der Waals surface area contributed by atoms with Crippen molar-refractivity contribution in [2.75, 3.05) is 6.54 Å². The third-order valence-electron chi connectivity index (χ3n) is 2.91. The monoisotopic (exact) mass is 267 g/mol. The maximum absolute atomic E-state index is 13.9. The first kappa shape index (κ1) is 13.1. The number of imidazole rings is 1. The van der Waals surface area contributed by atoms with E-state index >= 15 is 0 Å². The molecule has 2 rings (SSSR count).